The van der Waals surface area contributed by atoms with Gasteiger partial charge in [0, 0.05) is 63.4 Å². The van der Waals surface area contributed by atoms with Crippen molar-refractivity contribution < 1.29 is 9.59 Å². The van der Waals surface area contributed by atoms with Gasteiger partial charge in [-0.3, -0.25) is 9.78 Å². The Morgan fingerprint density at radius 1 is 1.04 bits per heavy atom. The van der Waals surface area contributed by atoms with Gasteiger partial charge in [0.05, 0.1) is 0 Å². The molecule has 0 spiro atoms. The Morgan fingerprint density at radius 3 is 2.42 bits per heavy atom. The number of nitrogens with zero attached hydrogens (tertiary/aromatic N) is 3. The number of hydrogen-bond acceptors (Lipinski definition) is 4. The quantitative estimate of drug-likeness (QED) is 0.882. The van der Waals surface area contributed by atoms with E-state index in [0.29, 0.717) is 12.2 Å². The lowest BCUT2D eigenvalue weighted by Crippen LogP contribution is -2.48. The van der Waals surface area contributed by atoms with Crippen molar-refractivity contribution in [1.82, 2.24) is 15.2 Å². The average Bonchev–Trinajstić information content (AvgIpc) is 2.67. The molecule has 0 aliphatic carbocycles. The molecular weight excluding hydrogens is 330 g/mol. The summed E-state index contributed by atoms with van der Waals surface area (Å²) in [6, 6.07) is 11.2. The first kappa shape index (κ1) is 17.7. The molecule has 2 aromatic rings. The van der Waals surface area contributed by atoms with Gasteiger partial charge in [-0.25, -0.2) is 4.79 Å². The van der Waals surface area contributed by atoms with Gasteiger partial charge in [0.25, 0.3) is 0 Å². The predicted molar refractivity (Wildman–Crippen MR) is 101 cm³/mol. The second kappa shape index (κ2) is 8.33. The highest BCUT2D eigenvalue weighted by atomic mass is 16.2. The van der Waals surface area contributed by atoms with E-state index in [0.717, 1.165) is 37.4 Å². The van der Waals surface area contributed by atoms with Crippen LogP contribution in [0.1, 0.15) is 12.5 Å². The fraction of sp³-hybridized carbons (Fsp3) is 0.316. The predicted octanol–water partition coefficient (Wildman–Crippen LogP) is 2.07. The molecule has 2 heterocycles. The summed E-state index contributed by atoms with van der Waals surface area (Å²) in [5.41, 5.74) is 2.85. The third kappa shape index (κ3) is 4.50. The fourth-order valence-electron chi connectivity index (χ4n) is 3.02. The smallest absolute Gasteiger partial charge is 0.319 e. The van der Waals surface area contributed by atoms with E-state index in [9.17, 15) is 9.59 Å². The average molecular weight is 353 g/mol. The molecule has 0 bridgehead atoms. The number of carbonyl (C=O) groups excluding carboxylic acids is 2. The first-order chi connectivity index (χ1) is 12.6. The molecule has 0 radical (unpaired) electrons. The zero-order valence-electron chi connectivity index (χ0n) is 14.8. The minimum absolute atomic E-state index is 0.118. The van der Waals surface area contributed by atoms with E-state index < -0.39 is 0 Å². The summed E-state index contributed by atoms with van der Waals surface area (Å²) in [6.07, 6.45) is 3.26. The third-order valence-electron chi connectivity index (χ3n) is 4.43. The molecule has 3 amide bonds. The second-order valence-corrected chi connectivity index (χ2v) is 6.17. The molecular formula is C19H23N5O2. The van der Waals surface area contributed by atoms with Crippen LogP contribution < -0.4 is 15.5 Å². The topological polar surface area (TPSA) is 77.6 Å². The van der Waals surface area contributed by atoms with Gasteiger partial charge in [-0.15, -0.1) is 0 Å². The Bertz CT molecular complexity index is 758. The molecule has 7 heteroatoms. The Balaban J connectivity index is 1.59. The molecule has 1 saturated heterocycles. The highest BCUT2D eigenvalue weighted by Gasteiger charge is 2.20. The summed E-state index contributed by atoms with van der Waals surface area (Å²) in [6.45, 7) is 5.06. The van der Waals surface area contributed by atoms with Crippen LogP contribution in [-0.4, -0.2) is 48.0 Å². The summed E-state index contributed by atoms with van der Waals surface area (Å²) in [7, 11) is 0. The Labute approximate surface area is 153 Å². The third-order valence-corrected chi connectivity index (χ3v) is 4.43. The Kier molecular flexibility index (Phi) is 5.68. The van der Waals surface area contributed by atoms with Crippen molar-refractivity contribution in [2.75, 3.05) is 36.4 Å². The minimum Gasteiger partial charge on any atom is -0.368 e. The van der Waals surface area contributed by atoms with E-state index in [4.69, 9.17) is 0 Å². The summed E-state index contributed by atoms with van der Waals surface area (Å²) < 4.78 is 0. The monoisotopic (exact) mass is 353 g/mol. The highest BCUT2D eigenvalue weighted by Crippen LogP contribution is 2.22. The van der Waals surface area contributed by atoms with Gasteiger partial charge in [-0.05, 0) is 23.8 Å². The van der Waals surface area contributed by atoms with Crippen molar-refractivity contribution in [2.45, 2.75) is 13.5 Å². The van der Waals surface area contributed by atoms with Crippen LogP contribution in [0, 0.1) is 0 Å². The number of para-hydroxylation sites is 1. The van der Waals surface area contributed by atoms with Crippen molar-refractivity contribution in [2.24, 2.45) is 0 Å². The lowest BCUT2D eigenvalue weighted by molar-refractivity contribution is -0.129. The van der Waals surface area contributed by atoms with Crippen molar-refractivity contribution in [3.8, 4) is 0 Å². The number of amides is 3. The molecule has 26 heavy (non-hydrogen) atoms. The molecule has 0 atom stereocenters. The van der Waals surface area contributed by atoms with Crippen molar-refractivity contribution in [1.29, 1.82) is 0 Å². The maximum Gasteiger partial charge on any atom is 0.319 e. The van der Waals surface area contributed by atoms with Crippen LogP contribution in [-0.2, 0) is 11.3 Å². The van der Waals surface area contributed by atoms with Crippen molar-refractivity contribution in [3.05, 3.63) is 54.4 Å². The van der Waals surface area contributed by atoms with E-state index in [-0.39, 0.29) is 11.9 Å². The standard InChI is InChI=1S/C19H23N5O2/c1-15(25)23-10-12-24(13-11-23)18-5-3-2-4-16(18)14-21-19(26)22-17-6-8-20-9-7-17/h2-9H,10-14H2,1H3,(H2,20,21,22,26). The molecule has 0 unspecified atom stereocenters. The number of hydrogen-bond donors (Lipinski definition) is 2. The van der Waals surface area contributed by atoms with Gasteiger partial charge in [0.1, 0.15) is 0 Å². The van der Waals surface area contributed by atoms with Gasteiger partial charge in [-0.1, -0.05) is 18.2 Å². The van der Waals surface area contributed by atoms with Crippen LogP contribution in [0.3, 0.4) is 0 Å². The van der Waals surface area contributed by atoms with Crippen LogP contribution in [0.4, 0.5) is 16.2 Å². The van der Waals surface area contributed by atoms with E-state index >= 15 is 0 Å². The number of piperazine rings is 1. The molecule has 1 fully saturated rings. The van der Waals surface area contributed by atoms with Crippen LogP contribution in [0.15, 0.2) is 48.8 Å². The normalized spacial score (nSPS) is 14.0. The first-order valence-corrected chi connectivity index (χ1v) is 8.67. The largest absolute Gasteiger partial charge is 0.368 e. The number of pyridine rings is 1. The lowest BCUT2D eigenvalue weighted by Gasteiger charge is -2.36. The van der Waals surface area contributed by atoms with Crippen LogP contribution in [0.2, 0.25) is 0 Å². The number of urea groups is 1. The second-order valence-electron chi connectivity index (χ2n) is 6.17. The number of aromatic nitrogens is 1. The van der Waals surface area contributed by atoms with Gasteiger partial charge >= 0.3 is 6.03 Å². The molecule has 1 aromatic carbocycles. The lowest BCUT2D eigenvalue weighted by atomic mass is 10.1. The van der Waals surface area contributed by atoms with E-state index in [1.807, 2.05) is 23.1 Å². The van der Waals surface area contributed by atoms with E-state index in [2.05, 4.69) is 26.6 Å². The summed E-state index contributed by atoms with van der Waals surface area (Å²) >= 11 is 0. The van der Waals surface area contributed by atoms with Crippen molar-refractivity contribution in [3.63, 3.8) is 0 Å². The van der Waals surface area contributed by atoms with E-state index in [1.165, 1.54) is 0 Å². The van der Waals surface area contributed by atoms with Gasteiger partial charge in [-0.2, -0.15) is 0 Å². The van der Waals surface area contributed by atoms with Crippen molar-refractivity contribution >= 4 is 23.3 Å². The van der Waals surface area contributed by atoms with Crippen LogP contribution in [0.25, 0.3) is 0 Å². The van der Waals surface area contributed by atoms with Gasteiger partial charge in [0.15, 0.2) is 0 Å². The molecule has 2 N–H and O–H groups in total. The zero-order valence-corrected chi connectivity index (χ0v) is 14.8. The first-order valence-electron chi connectivity index (χ1n) is 8.67. The maximum absolute atomic E-state index is 12.1. The number of nitrogens with one attached hydrogen (secondary N) is 2. The molecule has 136 valence electrons. The molecule has 1 aromatic heterocycles. The van der Waals surface area contributed by atoms with E-state index in [1.54, 1.807) is 31.5 Å². The zero-order chi connectivity index (χ0) is 18.4. The molecule has 3 rings (SSSR count). The van der Waals surface area contributed by atoms with Gasteiger partial charge in [0.2, 0.25) is 5.91 Å². The SMILES string of the molecule is CC(=O)N1CCN(c2ccccc2CNC(=O)Nc2ccncc2)CC1. The minimum atomic E-state index is -0.257. The molecule has 1 aliphatic heterocycles. The number of benzene rings is 1. The number of rotatable bonds is 4. The van der Waals surface area contributed by atoms with Gasteiger partial charge < -0.3 is 20.4 Å². The molecule has 0 saturated carbocycles. The number of anilines is 2. The maximum atomic E-state index is 12.1. The molecule has 1 aliphatic rings. The Hall–Kier alpha value is -3.09. The number of carbonyl (C=O) groups is 2. The summed E-state index contributed by atoms with van der Waals surface area (Å²) in [4.78, 5) is 31.6. The van der Waals surface area contributed by atoms with Crippen LogP contribution >= 0.6 is 0 Å². The summed E-state index contributed by atoms with van der Waals surface area (Å²) in [5, 5.41) is 5.67. The fourth-order valence-corrected chi connectivity index (χ4v) is 3.02. The van der Waals surface area contributed by atoms with Crippen LogP contribution in [0.5, 0.6) is 0 Å². The molecule has 7 nitrogen and oxygen atoms in total. The Morgan fingerprint density at radius 2 is 1.73 bits per heavy atom. The summed E-state index contributed by atoms with van der Waals surface area (Å²) in [5.74, 6) is 0.118. The highest BCUT2D eigenvalue weighted by molar-refractivity contribution is 5.89.